The Morgan fingerprint density at radius 1 is 1.25 bits per heavy atom. The average Bonchev–Trinajstić information content (AvgIpc) is 2.56. The van der Waals surface area contributed by atoms with Crippen molar-refractivity contribution in [3.8, 4) is 5.88 Å². The summed E-state index contributed by atoms with van der Waals surface area (Å²) in [5.74, 6) is 0.319. The van der Waals surface area contributed by atoms with Gasteiger partial charge in [-0.15, -0.1) is 0 Å². The van der Waals surface area contributed by atoms with Crippen molar-refractivity contribution in [2.24, 2.45) is 11.3 Å². The number of nitrogens with zero attached hydrogens (tertiary/aromatic N) is 2. The minimum Gasteiger partial charge on any atom is -0.477 e. The molecule has 2 aliphatic rings. The Balaban J connectivity index is 1.43. The molecule has 0 radical (unpaired) electrons. The van der Waals surface area contributed by atoms with Crippen molar-refractivity contribution in [2.75, 3.05) is 19.7 Å². The first-order valence-electron chi connectivity index (χ1n) is 9.60. The van der Waals surface area contributed by atoms with E-state index in [4.69, 9.17) is 9.47 Å². The van der Waals surface area contributed by atoms with Gasteiger partial charge in [-0.3, -0.25) is 0 Å². The predicted molar refractivity (Wildman–Crippen MR) is 96.9 cm³/mol. The molecule has 5 nitrogen and oxygen atoms in total. The maximum absolute atomic E-state index is 12.7. The first-order valence-corrected chi connectivity index (χ1v) is 9.60. The zero-order valence-corrected chi connectivity index (χ0v) is 16.5. The molecule has 8 heteroatoms. The van der Waals surface area contributed by atoms with Crippen molar-refractivity contribution in [1.29, 1.82) is 0 Å². The van der Waals surface area contributed by atoms with Gasteiger partial charge in [0.05, 0.1) is 12.2 Å². The van der Waals surface area contributed by atoms with Gasteiger partial charge in [0.25, 0.3) is 0 Å². The second kappa shape index (κ2) is 7.44. The molecule has 0 unspecified atom stereocenters. The van der Waals surface area contributed by atoms with Gasteiger partial charge >= 0.3 is 12.3 Å². The van der Waals surface area contributed by atoms with E-state index in [0.29, 0.717) is 25.6 Å². The molecule has 1 saturated heterocycles. The molecule has 2 fully saturated rings. The standard InChI is InChI=1S/C20H27F3N2O3/c1-18(2,3)28-17(26)25-8-5-19(6-9-25)11-14(12-19)13-27-16-10-15(4-7-24-16)20(21,22)23/h4,7,10,14H,5-6,8-9,11-13H2,1-3H3. The van der Waals surface area contributed by atoms with Crippen LogP contribution in [-0.4, -0.2) is 41.3 Å². The number of carbonyl (C=O) groups is 1. The second-order valence-corrected chi connectivity index (χ2v) is 8.93. The highest BCUT2D eigenvalue weighted by Gasteiger charge is 2.46. The molecule has 1 aromatic rings. The maximum Gasteiger partial charge on any atom is 0.416 e. The number of pyridine rings is 1. The van der Waals surface area contributed by atoms with Crippen LogP contribution in [0.25, 0.3) is 0 Å². The zero-order valence-electron chi connectivity index (χ0n) is 16.5. The Kier molecular flexibility index (Phi) is 5.51. The van der Waals surface area contributed by atoms with Gasteiger partial charge in [-0.2, -0.15) is 13.2 Å². The van der Waals surface area contributed by atoms with E-state index < -0.39 is 17.3 Å². The Morgan fingerprint density at radius 3 is 2.46 bits per heavy atom. The summed E-state index contributed by atoms with van der Waals surface area (Å²) in [4.78, 5) is 17.8. The molecule has 1 spiro atoms. The Bertz CT molecular complexity index is 699. The fourth-order valence-electron chi connectivity index (χ4n) is 4.05. The number of halogens is 3. The minimum atomic E-state index is -4.40. The highest BCUT2D eigenvalue weighted by atomic mass is 19.4. The number of piperidine rings is 1. The van der Waals surface area contributed by atoms with E-state index in [0.717, 1.165) is 44.0 Å². The van der Waals surface area contributed by atoms with Crippen LogP contribution in [0.2, 0.25) is 0 Å². The molecule has 1 aliphatic heterocycles. The van der Waals surface area contributed by atoms with E-state index in [-0.39, 0.29) is 17.4 Å². The van der Waals surface area contributed by atoms with Crippen LogP contribution in [-0.2, 0) is 10.9 Å². The Morgan fingerprint density at radius 2 is 1.89 bits per heavy atom. The van der Waals surface area contributed by atoms with Crippen LogP contribution in [0.1, 0.15) is 52.0 Å². The van der Waals surface area contributed by atoms with Gasteiger partial charge in [0, 0.05) is 25.4 Å². The average molecular weight is 400 g/mol. The summed E-state index contributed by atoms with van der Waals surface area (Å²) in [7, 11) is 0. The van der Waals surface area contributed by atoms with Crippen molar-refractivity contribution < 1.29 is 27.4 Å². The number of ether oxygens (including phenoxy) is 2. The quantitative estimate of drug-likeness (QED) is 0.724. The molecule has 3 rings (SSSR count). The van der Waals surface area contributed by atoms with Crippen LogP contribution in [0.5, 0.6) is 5.88 Å². The van der Waals surface area contributed by atoms with Crippen molar-refractivity contribution in [1.82, 2.24) is 9.88 Å². The monoisotopic (exact) mass is 400 g/mol. The highest BCUT2D eigenvalue weighted by Crippen LogP contribution is 2.52. The predicted octanol–water partition coefficient (Wildman–Crippen LogP) is 4.91. The van der Waals surface area contributed by atoms with Crippen LogP contribution >= 0.6 is 0 Å². The normalized spacial score (nSPS) is 20.0. The van der Waals surface area contributed by atoms with Gasteiger partial charge in [-0.05, 0) is 63.9 Å². The smallest absolute Gasteiger partial charge is 0.416 e. The summed E-state index contributed by atoms with van der Waals surface area (Å²) in [6.45, 7) is 7.28. The highest BCUT2D eigenvalue weighted by molar-refractivity contribution is 5.68. The molecule has 1 aliphatic carbocycles. The van der Waals surface area contributed by atoms with E-state index in [1.54, 1.807) is 4.90 Å². The van der Waals surface area contributed by atoms with Gasteiger partial charge in [0.15, 0.2) is 0 Å². The van der Waals surface area contributed by atoms with Crippen molar-refractivity contribution in [3.63, 3.8) is 0 Å². The summed E-state index contributed by atoms with van der Waals surface area (Å²) in [5, 5.41) is 0. The Labute approximate surface area is 163 Å². The molecule has 0 aromatic carbocycles. The van der Waals surface area contributed by atoms with Gasteiger partial charge in [0.1, 0.15) is 5.60 Å². The molecule has 0 atom stereocenters. The lowest BCUT2D eigenvalue weighted by Gasteiger charge is -2.52. The number of aromatic nitrogens is 1. The number of rotatable bonds is 3. The zero-order chi connectivity index (χ0) is 20.6. The van der Waals surface area contributed by atoms with Crippen LogP contribution < -0.4 is 4.74 Å². The lowest BCUT2D eigenvalue weighted by Crippen LogP contribution is -2.50. The fraction of sp³-hybridized carbons (Fsp3) is 0.700. The van der Waals surface area contributed by atoms with Gasteiger partial charge in [-0.1, -0.05) is 0 Å². The SMILES string of the molecule is CC(C)(C)OC(=O)N1CCC2(CC1)CC(COc1cc(C(F)(F)F)ccn1)C2. The van der Waals surface area contributed by atoms with Crippen LogP contribution in [0.3, 0.4) is 0 Å². The summed E-state index contributed by atoms with van der Waals surface area (Å²) in [6.07, 6.45) is 0.227. The van der Waals surface area contributed by atoms with Gasteiger partial charge in [-0.25, -0.2) is 9.78 Å². The topological polar surface area (TPSA) is 51.7 Å². The van der Waals surface area contributed by atoms with E-state index >= 15 is 0 Å². The molecular weight excluding hydrogens is 373 g/mol. The molecule has 1 saturated carbocycles. The third-order valence-corrected chi connectivity index (χ3v) is 5.45. The first-order chi connectivity index (χ1) is 13.0. The van der Waals surface area contributed by atoms with Crippen molar-refractivity contribution in [3.05, 3.63) is 23.9 Å². The molecule has 1 aromatic heterocycles. The summed E-state index contributed by atoms with van der Waals surface area (Å²) >= 11 is 0. The largest absolute Gasteiger partial charge is 0.477 e. The fourth-order valence-corrected chi connectivity index (χ4v) is 4.05. The molecule has 2 heterocycles. The molecular formula is C20H27F3N2O3. The molecule has 0 bridgehead atoms. The molecule has 28 heavy (non-hydrogen) atoms. The minimum absolute atomic E-state index is 0.00974. The number of amides is 1. The van der Waals surface area contributed by atoms with Crippen LogP contribution in [0.15, 0.2) is 18.3 Å². The van der Waals surface area contributed by atoms with Gasteiger partial charge in [0.2, 0.25) is 5.88 Å². The van der Waals surface area contributed by atoms with E-state index in [1.165, 1.54) is 0 Å². The first kappa shape index (κ1) is 20.7. The van der Waals surface area contributed by atoms with E-state index in [9.17, 15) is 18.0 Å². The number of carbonyl (C=O) groups excluding carboxylic acids is 1. The summed E-state index contributed by atoms with van der Waals surface area (Å²) in [6, 6.07) is 1.87. The third-order valence-electron chi connectivity index (χ3n) is 5.45. The maximum atomic E-state index is 12.7. The Hall–Kier alpha value is -1.99. The van der Waals surface area contributed by atoms with E-state index in [2.05, 4.69) is 4.98 Å². The number of alkyl halides is 3. The van der Waals surface area contributed by atoms with Crippen LogP contribution in [0, 0.1) is 11.3 Å². The molecule has 156 valence electrons. The number of hydrogen-bond acceptors (Lipinski definition) is 4. The number of hydrogen-bond donors (Lipinski definition) is 0. The van der Waals surface area contributed by atoms with Gasteiger partial charge < -0.3 is 14.4 Å². The number of likely N-dealkylation sites (tertiary alicyclic amines) is 1. The van der Waals surface area contributed by atoms with E-state index in [1.807, 2.05) is 20.8 Å². The second-order valence-electron chi connectivity index (χ2n) is 8.93. The molecule has 1 amide bonds. The van der Waals surface area contributed by atoms with Crippen molar-refractivity contribution in [2.45, 2.75) is 58.2 Å². The lowest BCUT2D eigenvalue weighted by atomic mass is 9.58. The molecule has 0 N–H and O–H groups in total. The third kappa shape index (κ3) is 5.08. The van der Waals surface area contributed by atoms with Crippen molar-refractivity contribution >= 4 is 6.09 Å². The lowest BCUT2D eigenvalue weighted by molar-refractivity contribution is -0.137. The summed E-state index contributed by atoms with van der Waals surface area (Å²) in [5.41, 5.74) is -1.03. The van der Waals surface area contributed by atoms with Crippen LogP contribution in [0.4, 0.5) is 18.0 Å². The summed E-state index contributed by atoms with van der Waals surface area (Å²) < 4.78 is 49.1.